The van der Waals surface area contributed by atoms with Gasteiger partial charge in [-0.3, -0.25) is 0 Å². The van der Waals surface area contributed by atoms with Crippen molar-refractivity contribution >= 4 is 55.6 Å². The Bertz CT molecular complexity index is 1540. The lowest BCUT2D eigenvalue weighted by atomic mass is 10.0. The van der Waals surface area contributed by atoms with Crippen molar-refractivity contribution in [2.45, 2.75) is 0 Å². The zero-order valence-corrected chi connectivity index (χ0v) is 15.9. The maximum absolute atomic E-state index is 11.7. The molecular weight excluding hydrogens is 396 g/mol. The molecule has 0 spiro atoms. The molecule has 0 unspecified atom stereocenters. The van der Waals surface area contributed by atoms with Crippen LogP contribution in [0.15, 0.2) is 82.1 Å². The summed E-state index contributed by atoms with van der Waals surface area (Å²) in [5.74, 6) is -1.74. The van der Waals surface area contributed by atoms with Crippen molar-refractivity contribution in [1.82, 2.24) is 4.98 Å². The molecule has 3 N–H and O–H groups in total. The first-order valence-electron chi connectivity index (χ1n) is 9.34. The number of rotatable bonds is 4. The number of aromatic nitrogens is 1. The zero-order valence-electron chi connectivity index (χ0n) is 15.9. The largest absolute Gasteiger partial charge is 0.505 e. The molecule has 8 nitrogen and oxygen atoms in total. The Morgan fingerprint density at radius 2 is 1.61 bits per heavy atom. The minimum absolute atomic E-state index is 0.0460. The molecule has 0 saturated heterocycles. The summed E-state index contributed by atoms with van der Waals surface area (Å²) in [7, 11) is 0. The normalized spacial score (nSPS) is 11.6. The van der Waals surface area contributed by atoms with Crippen LogP contribution in [-0.2, 0) is 0 Å². The van der Waals surface area contributed by atoms with Gasteiger partial charge in [0.15, 0.2) is 5.75 Å². The second-order valence-electron chi connectivity index (χ2n) is 6.99. The van der Waals surface area contributed by atoms with Gasteiger partial charge in [-0.15, -0.1) is 10.0 Å². The predicted molar refractivity (Wildman–Crippen MR) is 118 cm³/mol. The highest BCUT2D eigenvalue weighted by molar-refractivity contribution is 6.21. The van der Waals surface area contributed by atoms with E-state index in [0.29, 0.717) is 16.5 Å². The van der Waals surface area contributed by atoms with Crippen molar-refractivity contribution in [3.05, 3.63) is 77.2 Å². The van der Waals surface area contributed by atoms with Crippen molar-refractivity contribution in [3.8, 4) is 5.75 Å². The van der Waals surface area contributed by atoms with Crippen LogP contribution in [0.25, 0.3) is 32.6 Å². The van der Waals surface area contributed by atoms with Crippen LogP contribution < -0.4 is 0 Å². The van der Waals surface area contributed by atoms with Crippen LogP contribution in [0.4, 0.5) is 17.1 Å². The van der Waals surface area contributed by atoms with Crippen LogP contribution in [0.2, 0.25) is 0 Å². The summed E-state index contributed by atoms with van der Waals surface area (Å²) in [5, 5.41) is 34.6. The molecule has 5 rings (SSSR count). The van der Waals surface area contributed by atoms with Gasteiger partial charge in [-0.1, -0.05) is 30.3 Å². The number of nitrogens with zero attached hydrogens (tertiary/aromatic N) is 3. The van der Waals surface area contributed by atoms with Gasteiger partial charge in [0.25, 0.3) is 0 Å². The number of nitroso groups, excluding NO2 is 1. The number of aromatic hydroxyl groups is 1. The van der Waals surface area contributed by atoms with Crippen molar-refractivity contribution in [2.24, 2.45) is 15.4 Å². The number of nitrogens with one attached hydrogen (secondary N) is 1. The summed E-state index contributed by atoms with van der Waals surface area (Å²) in [6.07, 6.45) is 0. The third-order valence-corrected chi connectivity index (χ3v) is 5.18. The van der Waals surface area contributed by atoms with E-state index in [9.17, 15) is 19.9 Å². The first-order chi connectivity index (χ1) is 15.1. The number of azo groups is 1. The number of aromatic amines is 1. The van der Waals surface area contributed by atoms with E-state index in [2.05, 4.69) is 20.4 Å². The summed E-state index contributed by atoms with van der Waals surface area (Å²) in [5.41, 5.74) is 2.08. The number of fused-ring (bicyclic) bond motifs is 5. The maximum atomic E-state index is 11.7. The molecule has 0 bridgehead atoms. The highest BCUT2D eigenvalue weighted by Crippen LogP contribution is 2.43. The van der Waals surface area contributed by atoms with E-state index in [4.69, 9.17) is 0 Å². The Morgan fingerprint density at radius 3 is 2.35 bits per heavy atom. The Labute approximate surface area is 174 Å². The second-order valence-corrected chi connectivity index (χ2v) is 6.99. The van der Waals surface area contributed by atoms with Gasteiger partial charge in [-0.05, 0) is 47.0 Å². The quantitative estimate of drug-likeness (QED) is 0.225. The molecule has 1 aromatic heterocycles. The van der Waals surface area contributed by atoms with Crippen LogP contribution in [0.3, 0.4) is 0 Å². The van der Waals surface area contributed by atoms with Gasteiger partial charge in [-0.25, -0.2) is 4.79 Å². The first-order valence-corrected chi connectivity index (χ1v) is 9.34. The Hall–Kier alpha value is -4.59. The minimum atomic E-state index is -1.27. The Balaban J connectivity index is 1.82. The Kier molecular flexibility index (Phi) is 4.18. The molecule has 0 aliphatic carbocycles. The van der Waals surface area contributed by atoms with Crippen molar-refractivity contribution in [3.63, 3.8) is 0 Å². The first kappa shape index (κ1) is 18.4. The molecule has 0 aliphatic heterocycles. The summed E-state index contributed by atoms with van der Waals surface area (Å²) in [6.45, 7) is 0. The van der Waals surface area contributed by atoms with Crippen LogP contribution in [0.5, 0.6) is 5.75 Å². The van der Waals surface area contributed by atoms with E-state index in [1.165, 1.54) is 18.2 Å². The average molecular weight is 410 g/mol. The van der Waals surface area contributed by atoms with E-state index >= 15 is 0 Å². The fourth-order valence-electron chi connectivity index (χ4n) is 3.73. The van der Waals surface area contributed by atoms with E-state index in [1.54, 1.807) is 18.2 Å². The van der Waals surface area contributed by atoms with Crippen LogP contribution >= 0.6 is 0 Å². The van der Waals surface area contributed by atoms with E-state index in [0.717, 1.165) is 21.8 Å². The standard InChI is InChI=1S/C23H14N4O4/c28-22-17(23(29)30)11-12-5-10-16-15-3-1-2-4-18(15)24-20(16)19(12)21(22)26-25-13-6-8-14(27-31)9-7-13/h1-11,24,28H,(H,29,30). The molecule has 5 aromatic rings. The fraction of sp³-hybridized carbons (Fsp3) is 0. The SMILES string of the molecule is O=Nc1ccc(N=Nc2c(O)c(C(=O)O)cc3ccc4c5ccccc5[nH]c4c23)cc1. The van der Waals surface area contributed by atoms with Crippen molar-refractivity contribution in [1.29, 1.82) is 0 Å². The van der Waals surface area contributed by atoms with Gasteiger partial charge in [-0.2, -0.15) is 5.11 Å². The molecule has 150 valence electrons. The third kappa shape index (κ3) is 2.98. The number of aromatic carboxylic acids is 1. The van der Waals surface area contributed by atoms with Gasteiger partial charge in [0.05, 0.1) is 11.2 Å². The number of carboxylic acids is 1. The van der Waals surface area contributed by atoms with Gasteiger partial charge in [0.1, 0.15) is 16.9 Å². The van der Waals surface area contributed by atoms with E-state index in [1.807, 2.05) is 30.3 Å². The van der Waals surface area contributed by atoms with Crippen molar-refractivity contribution < 1.29 is 15.0 Å². The van der Waals surface area contributed by atoms with Crippen LogP contribution in [0.1, 0.15) is 10.4 Å². The van der Waals surface area contributed by atoms with Gasteiger partial charge in [0.2, 0.25) is 0 Å². The summed E-state index contributed by atoms with van der Waals surface area (Å²) in [4.78, 5) is 25.6. The molecular formula is C23H14N4O4. The van der Waals surface area contributed by atoms with Gasteiger partial charge < -0.3 is 15.2 Å². The molecule has 8 heteroatoms. The number of H-pyrrole nitrogens is 1. The number of benzene rings is 4. The van der Waals surface area contributed by atoms with Crippen LogP contribution in [-0.4, -0.2) is 21.2 Å². The van der Waals surface area contributed by atoms with Crippen molar-refractivity contribution in [2.75, 3.05) is 0 Å². The second kappa shape index (κ2) is 7.03. The number of carboxylic acid groups (broad SMARTS) is 1. The Morgan fingerprint density at radius 1 is 0.871 bits per heavy atom. The molecule has 0 aliphatic rings. The molecule has 31 heavy (non-hydrogen) atoms. The third-order valence-electron chi connectivity index (χ3n) is 5.18. The highest BCUT2D eigenvalue weighted by atomic mass is 16.4. The number of para-hydroxylation sites is 1. The van der Waals surface area contributed by atoms with E-state index < -0.39 is 11.7 Å². The lowest BCUT2D eigenvalue weighted by Crippen LogP contribution is -1.97. The molecule has 0 atom stereocenters. The zero-order chi connectivity index (χ0) is 21.5. The summed E-state index contributed by atoms with van der Waals surface area (Å²) >= 11 is 0. The predicted octanol–water partition coefficient (Wildman–Crippen LogP) is 6.69. The smallest absolute Gasteiger partial charge is 0.339 e. The molecule has 0 saturated carbocycles. The number of carbonyl (C=O) groups is 1. The number of hydrogen-bond acceptors (Lipinski definition) is 6. The number of phenols is 1. The maximum Gasteiger partial charge on any atom is 0.339 e. The average Bonchev–Trinajstić information content (AvgIpc) is 3.17. The topological polar surface area (TPSA) is 127 Å². The summed E-state index contributed by atoms with van der Waals surface area (Å²) < 4.78 is 0. The number of hydrogen-bond donors (Lipinski definition) is 3. The lowest BCUT2D eigenvalue weighted by Gasteiger charge is -2.09. The molecule has 0 radical (unpaired) electrons. The summed E-state index contributed by atoms with van der Waals surface area (Å²) in [6, 6.07) is 19.0. The lowest BCUT2D eigenvalue weighted by molar-refractivity contribution is 0.0694. The molecule has 0 amide bonds. The van der Waals surface area contributed by atoms with Gasteiger partial charge in [0, 0.05) is 21.7 Å². The van der Waals surface area contributed by atoms with Gasteiger partial charge >= 0.3 is 5.97 Å². The highest BCUT2D eigenvalue weighted by Gasteiger charge is 2.20. The van der Waals surface area contributed by atoms with E-state index in [-0.39, 0.29) is 16.9 Å². The monoisotopic (exact) mass is 410 g/mol. The molecule has 4 aromatic carbocycles. The van der Waals surface area contributed by atoms with Crippen LogP contribution in [0, 0.1) is 4.91 Å². The molecule has 1 heterocycles. The fourth-order valence-corrected chi connectivity index (χ4v) is 3.73. The molecule has 0 fully saturated rings. The minimum Gasteiger partial charge on any atom is -0.505 e.